The van der Waals surface area contributed by atoms with Crippen LogP contribution in [0.3, 0.4) is 0 Å². The van der Waals surface area contributed by atoms with Gasteiger partial charge in [0, 0.05) is 0 Å². The average molecular weight is 258 g/mol. The van der Waals surface area contributed by atoms with Crippen LogP contribution in [0, 0.1) is 5.92 Å². The maximum absolute atomic E-state index is 11.4. The summed E-state index contributed by atoms with van der Waals surface area (Å²) in [5.74, 6) is 0.137. The predicted molar refractivity (Wildman–Crippen MR) is 75.4 cm³/mol. The molecule has 0 heterocycles. The van der Waals surface area contributed by atoms with Gasteiger partial charge in [0.2, 0.25) is 0 Å². The SMILES string of the molecule is O=C(O)C(c1ccc(C2CCCCC2)cc1)C1CC1. The molecule has 2 saturated carbocycles. The molecule has 2 fully saturated rings. The first-order valence-electron chi connectivity index (χ1n) is 7.58. The lowest BCUT2D eigenvalue weighted by molar-refractivity contribution is -0.139. The zero-order valence-corrected chi connectivity index (χ0v) is 11.3. The number of aliphatic carboxylic acids is 1. The lowest BCUT2D eigenvalue weighted by Gasteiger charge is -2.22. The monoisotopic (exact) mass is 258 g/mol. The van der Waals surface area contributed by atoms with Gasteiger partial charge in [-0.25, -0.2) is 0 Å². The van der Waals surface area contributed by atoms with Gasteiger partial charge in [0.05, 0.1) is 5.92 Å². The second-order valence-corrected chi connectivity index (χ2v) is 6.15. The van der Waals surface area contributed by atoms with Crippen molar-refractivity contribution in [2.75, 3.05) is 0 Å². The van der Waals surface area contributed by atoms with Crippen molar-refractivity contribution >= 4 is 5.97 Å². The number of carboxylic acids is 1. The first-order valence-corrected chi connectivity index (χ1v) is 7.58. The summed E-state index contributed by atoms with van der Waals surface area (Å²) < 4.78 is 0. The van der Waals surface area contributed by atoms with Crippen LogP contribution in [-0.2, 0) is 4.79 Å². The van der Waals surface area contributed by atoms with E-state index in [4.69, 9.17) is 0 Å². The lowest BCUT2D eigenvalue weighted by atomic mass is 9.83. The zero-order valence-electron chi connectivity index (χ0n) is 11.3. The molecule has 0 aliphatic heterocycles. The average Bonchev–Trinajstić information content (AvgIpc) is 3.25. The van der Waals surface area contributed by atoms with Crippen LogP contribution < -0.4 is 0 Å². The summed E-state index contributed by atoms with van der Waals surface area (Å²) in [6.07, 6.45) is 8.78. The molecule has 2 heteroatoms. The van der Waals surface area contributed by atoms with Gasteiger partial charge in [0.15, 0.2) is 0 Å². The molecule has 0 bridgehead atoms. The van der Waals surface area contributed by atoms with Gasteiger partial charge in [-0.3, -0.25) is 4.79 Å². The Morgan fingerprint density at radius 1 is 1.00 bits per heavy atom. The summed E-state index contributed by atoms with van der Waals surface area (Å²) in [7, 11) is 0. The smallest absolute Gasteiger partial charge is 0.311 e. The summed E-state index contributed by atoms with van der Waals surface area (Å²) in [5, 5.41) is 9.36. The van der Waals surface area contributed by atoms with E-state index in [-0.39, 0.29) is 5.92 Å². The second kappa shape index (κ2) is 5.36. The van der Waals surface area contributed by atoms with Gasteiger partial charge in [0.1, 0.15) is 0 Å². The van der Waals surface area contributed by atoms with E-state index in [9.17, 15) is 9.90 Å². The predicted octanol–water partition coefficient (Wildman–Crippen LogP) is 4.31. The van der Waals surface area contributed by atoms with Gasteiger partial charge in [-0.05, 0) is 48.6 Å². The fourth-order valence-corrected chi connectivity index (χ4v) is 3.46. The standard InChI is InChI=1S/C17H22O2/c18-17(19)16(15-10-11-15)14-8-6-13(7-9-14)12-4-2-1-3-5-12/h6-9,12,15-16H,1-5,10-11H2,(H,18,19). The zero-order chi connectivity index (χ0) is 13.2. The van der Waals surface area contributed by atoms with Crippen molar-refractivity contribution in [3.8, 4) is 0 Å². The molecular formula is C17H22O2. The minimum atomic E-state index is -0.659. The molecule has 2 nitrogen and oxygen atoms in total. The molecule has 2 aliphatic carbocycles. The van der Waals surface area contributed by atoms with E-state index < -0.39 is 5.97 Å². The van der Waals surface area contributed by atoms with E-state index in [0.717, 1.165) is 18.4 Å². The first-order chi connectivity index (χ1) is 9.25. The highest BCUT2D eigenvalue weighted by Crippen LogP contribution is 2.43. The molecule has 0 saturated heterocycles. The Morgan fingerprint density at radius 3 is 2.16 bits per heavy atom. The largest absolute Gasteiger partial charge is 0.481 e. The molecule has 2 aliphatic rings. The van der Waals surface area contributed by atoms with Crippen LogP contribution >= 0.6 is 0 Å². The van der Waals surface area contributed by atoms with E-state index in [0.29, 0.717) is 11.8 Å². The number of carboxylic acid groups (broad SMARTS) is 1. The van der Waals surface area contributed by atoms with Crippen LogP contribution in [0.4, 0.5) is 0 Å². The highest BCUT2D eigenvalue weighted by atomic mass is 16.4. The molecule has 1 aromatic rings. The molecule has 0 aromatic heterocycles. The van der Waals surface area contributed by atoms with Crippen LogP contribution in [0.5, 0.6) is 0 Å². The molecule has 19 heavy (non-hydrogen) atoms. The van der Waals surface area contributed by atoms with Gasteiger partial charge in [-0.15, -0.1) is 0 Å². The Kier molecular flexibility index (Phi) is 3.58. The first kappa shape index (κ1) is 12.7. The molecule has 1 unspecified atom stereocenters. The van der Waals surface area contributed by atoms with Crippen LogP contribution in [0.2, 0.25) is 0 Å². The molecule has 1 N–H and O–H groups in total. The van der Waals surface area contributed by atoms with Crippen LogP contribution in [0.15, 0.2) is 24.3 Å². The molecule has 0 spiro atoms. The fraction of sp³-hybridized carbons (Fsp3) is 0.588. The molecule has 102 valence electrons. The molecule has 0 amide bonds. The fourth-order valence-electron chi connectivity index (χ4n) is 3.46. The number of hydrogen-bond donors (Lipinski definition) is 1. The van der Waals surface area contributed by atoms with Crippen molar-refractivity contribution in [3.63, 3.8) is 0 Å². The molecular weight excluding hydrogens is 236 g/mol. The third-order valence-electron chi connectivity index (χ3n) is 4.73. The minimum Gasteiger partial charge on any atom is -0.481 e. The van der Waals surface area contributed by atoms with Crippen molar-refractivity contribution in [2.24, 2.45) is 5.92 Å². The normalized spacial score (nSPS) is 22.1. The Balaban J connectivity index is 1.75. The Morgan fingerprint density at radius 2 is 1.63 bits per heavy atom. The number of hydrogen-bond acceptors (Lipinski definition) is 1. The van der Waals surface area contributed by atoms with E-state index in [2.05, 4.69) is 24.3 Å². The third kappa shape index (κ3) is 2.83. The van der Waals surface area contributed by atoms with Crippen molar-refractivity contribution in [2.45, 2.75) is 56.8 Å². The van der Waals surface area contributed by atoms with Crippen LogP contribution in [-0.4, -0.2) is 11.1 Å². The van der Waals surface area contributed by atoms with Gasteiger partial charge < -0.3 is 5.11 Å². The van der Waals surface area contributed by atoms with Gasteiger partial charge in [0.25, 0.3) is 0 Å². The van der Waals surface area contributed by atoms with Gasteiger partial charge >= 0.3 is 5.97 Å². The maximum atomic E-state index is 11.4. The number of rotatable bonds is 4. The summed E-state index contributed by atoms with van der Waals surface area (Å²) in [6.45, 7) is 0. The summed E-state index contributed by atoms with van der Waals surface area (Å²) in [5.41, 5.74) is 2.40. The van der Waals surface area contributed by atoms with E-state index in [1.54, 1.807) is 0 Å². The molecule has 1 aromatic carbocycles. The number of benzene rings is 1. The summed E-state index contributed by atoms with van der Waals surface area (Å²) >= 11 is 0. The lowest BCUT2D eigenvalue weighted by Crippen LogP contribution is -2.14. The molecule has 3 rings (SSSR count). The second-order valence-electron chi connectivity index (χ2n) is 6.15. The quantitative estimate of drug-likeness (QED) is 0.873. The Labute approximate surface area is 114 Å². The highest BCUT2D eigenvalue weighted by molar-refractivity contribution is 5.77. The number of carbonyl (C=O) groups is 1. The van der Waals surface area contributed by atoms with Crippen molar-refractivity contribution < 1.29 is 9.90 Å². The van der Waals surface area contributed by atoms with Crippen LogP contribution in [0.1, 0.15) is 67.9 Å². The Bertz CT molecular complexity index is 439. The van der Waals surface area contributed by atoms with Crippen LogP contribution in [0.25, 0.3) is 0 Å². The molecule has 0 radical (unpaired) electrons. The van der Waals surface area contributed by atoms with E-state index in [1.807, 2.05) is 0 Å². The van der Waals surface area contributed by atoms with Crippen molar-refractivity contribution in [1.29, 1.82) is 0 Å². The molecule has 1 atom stereocenters. The summed E-state index contributed by atoms with van der Waals surface area (Å²) in [6, 6.07) is 8.45. The maximum Gasteiger partial charge on any atom is 0.311 e. The topological polar surface area (TPSA) is 37.3 Å². The van der Waals surface area contributed by atoms with E-state index >= 15 is 0 Å². The van der Waals surface area contributed by atoms with E-state index in [1.165, 1.54) is 37.7 Å². The van der Waals surface area contributed by atoms with Crippen molar-refractivity contribution in [1.82, 2.24) is 0 Å². The Hall–Kier alpha value is -1.31. The summed E-state index contributed by atoms with van der Waals surface area (Å²) in [4.78, 5) is 11.4. The van der Waals surface area contributed by atoms with Gasteiger partial charge in [-0.1, -0.05) is 43.5 Å². The van der Waals surface area contributed by atoms with Crippen molar-refractivity contribution in [3.05, 3.63) is 35.4 Å². The highest BCUT2D eigenvalue weighted by Gasteiger charge is 2.37. The third-order valence-corrected chi connectivity index (χ3v) is 4.73. The van der Waals surface area contributed by atoms with Gasteiger partial charge in [-0.2, -0.15) is 0 Å². The minimum absolute atomic E-state index is 0.277.